The minimum atomic E-state index is 0. The number of aliphatic imine (C=N–C) groups is 1. The Labute approximate surface area is 167 Å². The minimum Gasteiger partial charge on any atom is -0.383 e. The van der Waals surface area contributed by atoms with Crippen LogP contribution in [0.15, 0.2) is 11.2 Å². The van der Waals surface area contributed by atoms with Crippen molar-refractivity contribution in [3.63, 3.8) is 0 Å². The lowest BCUT2D eigenvalue weighted by Gasteiger charge is -2.16. The number of aryl methyl sites for hydroxylation is 1. The zero-order valence-corrected chi connectivity index (χ0v) is 18.4. The summed E-state index contributed by atoms with van der Waals surface area (Å²) >= 11 is 1.80. The molecule has 1 rings (SSSR count). The quantitative estimate of drug-likeness (QED) is 0.225. The predicted molar refractivity (Wildman–Crippen MR) is 114 cm³/mol. The van der Waals surface area contributed by atoms with Crippen LogP contribution >= 0.6 is 35.3 Å². The number of aromatic nitrogens is 1. The average molecular weight is 469 g/mol. The second kappa shape index (κ2) is 14.9. The smallest absolute Gasteiger partial charge is 0.190 e. The molecule has 0 saturated heterocycles. The molecule has 0 spiro atoms. The number of nitrogens with zero attached hydrogens (tertiary/aromatic N) is 3. The van der Waals surface area contributed by atoms with E-state index >= 15 is 0 Å². The molecule has 0 unspecified atom stereocenters. The van der Waals surface area contributed by atoms with Crippen molar-refractivity contribution in [1.82, 2.24) is 20.5 Å². The van der Waals surface area contributed by atoms with Crippen LogP contribution in [-0.4, -0.2) is 69.8 Å². The number of hydrogen-bond acceptors (Lipinski definition) is 5. The van der Waals surface area contributed by atoms with Crippen LogP contribution in [0.3, 0.4) is 0 Å². The van der Waals surface area contributed by atoms with E-state index in [1.54, 1.807) is 25.5 Å². The van der Waals surface area contributed by atoms with Crippen LogP contribution in [0.25, 0.3) is 0 Å². The van der Waals surface area contributed by atoms with E-state index in [9.17, 15) is 0 Å². The summed E-state index contributed by atoms with van der Waals surface area (Å²) in [6.45, 7) is 6.72. The molecule has 1 heterocycles. The SMILES string of the molecule is CCc1cnc(CCNC(=NC)NCCCN(C)CCOC)s1.I. The number of methoxy groups -OCH3 is 1. The van der Waals surface area contributed by atoms with Crippen molar-refractivity contribution in [3.8, 4) is 0 Å². The summed E-state index contributed by atoms with van der Waals surface area (Å²) in [5, 5.41) is 7.87. The van der Waals surface area contributed by atoms with Crippen molar-refractivity contribution >= 4 is 41.3 Å². The summed E-state index contributed by atoms with van der Waals surface area (Å²) in [7, 11) is 5.66. The maximum absolute atomic E-state index is 5.07. The molecule has 0 aliphatic carbocycles. The molecular weight excluding hydrogens is 437 g/mol. The second-order valence-corrected chi connectivity index (χ2v) is 6.60. The molecule has 0 aromatic carbocycles. The molecule has 0 aliphatic heterocycles. The summed E-state index contributed by atoms with van der Waals surface area (Å²) in [4.78, 5) is 12.3. The van der Waals surface area contributed by atoms with Crippen molar-refractivity contribution in [3.05, 3.63) is 16.1 Å². The molecule has 8 heteroatoms. The first-order valence-electron chi connectivity index (χ1n) is 8.25. The van der Waals surface area contributed by atoms with Crippen LogP contribution in [0.2, 0.25) is 0 Å². The van der Waals surface area contributed by atoms with Crippen LogP contribution in [-0.2, 0) is 17.6 Å². The highest BCUT2D eigenvalue weighted by molar-refractivity contribution is 14.0. The molecule has 0 fully saturated rings. The van der Waals surface area contributed by atoms with Gasteiger partial charge in [0.2, 0.25) is 0 Å². The maximum atomic E-state index is 5.07. The van der Waals surface area contributed by atoms with E-state index in [-0.39, 0.29) is 24.0 Å². The Balaban J connectivity index is 0.00000529. The summed E-state index contributed by atoms with van der Waals surface area (Å²) in [6.07, 6.45) is 5.05. The van der Waals surface area contributed by atoms with Gasteiger partial charge in [0.25, 0.3) is 0 Å². The summed E-state index contributed by atoms with van der Waals surface area (Å²) in [5.74, 6) is 0.858. The monoisotopic (exact) mass is 469 g/mol. The lowest BCUT2D eigenvalue weighted by atomic mass is 10.4. The van der Waals surface area contributed by atoms with Gasteiger partial charge in [0, 0.05) is 51.3 Å². The fraction of sp³-hybridized carbons (Fsp3) is 0.750. The van der Waals surface area contributed by atoms with Crippen molar-refractivity contribution in [2.45, 2.75) is 26.2 Å². The topological polar surface area (TPSA) is 61.8 Å². The third kappa shape index (κ3) is 10.4. The van der Waals surface area contributed by atoms with Gasteiger partial charge >= 0.3 is 0 Å². The van der Waals surface area contributed by atoms with E-state index in [0.29, 0.717) is 0 Å². The van der Waals surface area contributed by atoms with Gasteiger partial charge in [-0.15, -0.1) is 35.3 Å². The first-order valence-corrected chi connectivity index (χ1v) is 9.06. The Bertz CT molecular complexity index is 455. The van der Waals surface area contributed by atoms with E-state index in [2.05, 4.69) is 39.5 Å². The molecule has 0 aliphatic rings. The molecule has 0 saturated carbocycles. The van der Waals surface area contributed by atoms with Crippen LogP contribution in [0.5, 0.6) is 0 Å². The van der Waals surface area contributed by atoms with E-state index < -0.39 is 0 Å². The molecular formula is C16H32IN5OS. The Kier molecular flexibility index (Phi) is 14.6. The first kappa shape index (κ1) is 23.5. The largest absolute Gasteiger partial charge is 0.383 e. The Morgan fingerprint density at radius 1 is 1.33 bits per heavy atom. The molecule has 24 heavy (non-hydrogen) atoms. The van der Waals surface area contributed by atoms with Crippen molar-refractivity contribution in [1.29, 1.82) is 0 Å². The van der Waals surface area contributed by atoms with E-state index in [1.165, 1.54) is 9.88 Å². The Morgan fingerprint density at radius 3 is 2.71 bits per heavy atom. The standard InChI is InChI=1S/C16H31N5OS.HI/c1-5-14-13-20-15(23-14)7-9-19-16(17-2)18-8-6-10-21(3)11-12-22-4;/h13H,5-12H2,1-4H3,(H2,17,18,19);1H. The van der Waals surface area contributed by atoms with Gasteiger partial charge in [-0.3, -0.25) is 4.99 Å². The number of rotatable bonds is 11. The highest BCUT2D eigenvalue weighted by atomic mass is 127. The molecule has 2 N–H and O–H groups in total. The number of halogens is 1. The molecule has 140 valence electrons. The molecule has 0 atom stereocenters. The zero-order valence-electron chi connectivity index (χ0n) is 15.3. The van der Waals surface area contributed by atoms with Crippen molar-refractivity contribution < 1.29 is 4.74 Å². The molecule has 0 bridgehead atoms. The average Bonchev–Trinajstić information content (AvgIpc) is 3.03. The number of thiazole rings is 1. The fourth-order valence-corrected chi connectivity index (χ4v) is 2.91. The van der Waals surface area contributed by atoms with E-state index in [0.717, 1.165) is 58.0 Å². The zero-order chi connectivity index (χ0) is 16.9. The van der Waals surface area contributed by atoms with Gasteiger partial charge < -0.3 is 20.3 Å². The fourth-order valence-electron chi connectivity index (χ4n) is 2.05. The van der Waals surface area contributed by atoms with Gasteiger partial charge in [-0.1, -0.05) is 6.92 Å². The van der Waals surface area contributed by atoms with Crippen molar-refractivity contribution in [2.75, 3.05) is 54.0 Å². The van der Waals surface area contributed by atoms with Crippen LogP contribution in [0.4, 0.5) is 0 Å². The number of hydrogen-bond donors (Lipinski definition) is 2. The van der Waals surface area contributed by atoms with Gasteiger partial charge in [0.1, 0.15) is 0 Å². The summed E-state index contributed by atoms with van der Waals surface area (Å²) in [5.41, 5.74) is 0. The number of guanidine groups is 1. The Morgan fingerprint density at radius 2 is 2.08 bits per heavy atom. The summed E-state index contributed by atoms with van der Waals surface area (Å²) in [6, 6.07) is 0. The van der Waals surface area contributed by atoms with Crippen LogP contribution < -0.4 is 10.6 Å². The third-order valence-electron chi connectivity index (χ3n) is 3.49. The molecule has 1 aromatic heterocycles. The Hall–Kier alpha value is -0.450. The first-order chi connectivity index (χ1) is 11.2. The van der Waals surface area contributed by atoms with Gasteiger partial charge in [0.05, 0.1) is 11.6 Å². The van der Waals surface area contributed by atoms with Gasteiger partial charge in [-0.2, -0.15) is 0 Å². The molecule has 0 amide bonds. The summed E-state index contributed by atoms with van der Waals surface area (Å²) < 4.78 is 5.07. The lowest BCUT2D eigenvalue weighted by Crippen LogP contribution is -2.39. The minimum absolute atomic E-state index is 0. The maximum Gasteiger partial charge on any atom is 0.190 e. The number of nitrogens with one attached hydrogen (secondary N) is 2. The van der Waals surface area contributed by atoms with Crippen LogP contribution in [0.1, 0.15) is 23.2 Å². The second-order valence-electron chi connectivity index (χ2n) is 5.40. The van der Waals surface area contributed by atoms with Gasteiger partial charge in [-0.25, -0.2) is 4.98 Å². The molecule has 1 aromatic rings. The van der Waals surface area contributed by atoms with E-state index in [4.69, 9.17) is 4.74 Å². The normalized spacial score (nSPS) is 11.5. The highest BCUT2D eigenvalue weighted by Crippen LogP contribution is 2.13. The molecule has 0 radical (unpaired) electrons. The van der Waals surface area contributed by atoms with Crippen LogP contribution in [0, 0.1) is 0 Å². The van der Waals surface area contributed by atoms with Gasteiger partial charge in [-0.05, 0) is 26.4 Å². The number of ether oxygens (including phenoxy) is 1. The van der Waals surface area contributed by atoms with Gasteiger partial charge in [0.15, 0.2) is 5.96 Å². The highest BCUT2D eigenvalue weighted by Gasteiger charge is 2.02. The predicted octanol–water partition coefficient (Wildman–Crippen LogP) is 2.00. The van der Waals surface area contributed by atoms with E-state index in [1.807, 2.05) is 6.20 Å². The number of likely N-dealkylation sites (N-methyl/N-ethyl adjacent to an activating group) is 1. The van der Waals surface area contributed by atoms with Crippen molar-refractivity contribution in [2.24, 2.45) is 4.99 Å². The molecule has 6 nitrogen and oxygen atoms in total. The lowest BCUT2D eigenvalue weighted by molar-refractivity contribution is 0.161. The third-order valence-corrected chi connectivity index (χ3v) is 4.69.